The van der Waals surface area contributed by atoms with Crippen LogP contribution < -0.4 is 0 Å². The topological polar surface area (TPSA) is 46.5 Å². The second kappa shape index (κ2) is 6.92. The first-order valence-electron chi connectivity index (χ1n) is 11.0. The highest BCUT2D eigenvalue weighted by molar-refractivity contribution is 6.74. The van der Waals surface area contributed by atoms with Crippen LogP contribution in [-0.2, 0) is 9.22 Å². The smallest absolute Gasteiger partial charge is 0.192 e. The Hall–Kier alpha value is -0.713. The van der Waals surface area contributed by atoms with Crippen molar-refractivity contribution >= 4 is 14.1 Å². The molecule has 4 heteroatoms. The van der Waals surface area contributed by atoms with Crippen molar-refractivity contribution < 1.29 is 14.3 Å². The molecule has 3 nitrogen and oxygen atoms in total. The predicted molar refractivity (Wildman–Crippen MR) is 118 cm³/mol. The fraction of sp³-hybridized carbons (Fsp3) is 0.792. The van der Waals surface area contributed by atoms with Crippen LogP contribution in [0.2, 0.25) is 18.1 Å². The van der Waals surface area contributed by atoms with E-state index in [2.05, 4.69) is 53.8 Å². The number of ketones is 1. The van der Waals surface area contributed by atoms with Gasteiger partial charge in [-0.1, -0.05) is 51.8 Å². The minimum absolute atomic E-state index is 0.0175. The predicted octanol–water partition coefficient (Wildman–Crippen LogP) is 5.94. The summed E-state index contributed by atoms with van der Waals surface area (Å²) >= 11 is 0. The lowest BCUT2D eigenvalue weighted by molar-refractivity contribution is -0.155. The van der Waals surface area contributed by atoms with Crippen LogP contribution in [0.4, 0.5) is 0 Å². The number of hydrogen-bond acceptors (Lipinski definition) is 3. The van der Waals surface area contributed by atoms with Gasteiger partial charge in [0.15, 0.2) is 14.1 Å². The zero-order valence-corrected chi connectivity index (χ0v) is 20.2. The zero-order valence-electron chi connectivity index (χ0n) is 19.2. The second-order valence-corrected chi connectivity index (χ2v) is 16.2. The molecule has 0 fully saturated rings. The van der Waals surface area contributed by atoms with Crippen LogP contribution in [0.3, 0.4) is 0 Å². The van der Waals surface area contributed by atoms with Crippen LogP contribution in [-0.4, -0.2) is 30.9 Å². The van der Waals surface area contributed by atoms with E-state index in [1.165, 1.54) is 17.6 Å². The minimum atomic E-state index is -1.98. The molecule has 3 rings (SSSR count). The van der Waals surface area contributed by atoms with Crippen molar-refractivity contribution in [3.05, 3.63) is 22.8 Å². The van der Waals surface area contributed by atoms with Gasteiger partial charge >= 0.3 is 0 Å². The lowest BCUT2D eigenvalue weighted by Crippen LogP contribution is -2.62. The van der Waals surface area contributed by atoms with Crippen molar-refractivity contribution in [3.8, 4) is 0 Å². The quantitative estimate of drug-likeness (QED) is 0.457. The Morgan fingerprint density at radius 1 is 1.14 bits per heavy atom. The molecule has 0 unspecified atom stereocenters. The first kappa shape index (κ1) is 22.0. The number of aliphatic hydroxyl groups is 1. The van der Waals surface area contributed by atoms with Crippen LogP contribution >= 0.6 is 0 Å². The molecule has 1 N–H and O–H groups in total. The van der Waals surface area contributed by atoms with E-state index in [-0.39, 0.29) is 22.8 Å². The Morgan fingerprint density at radius 2 is 1.71 bits per heavy atom. The van der Waals surface area contributed by atoms with Crippen LogP contribution in [0, 0.1) is 11.3 Å². The number of carbonyl (C=O) groups is 1. The molecule has 0 saturated carbocycles. The molecular formula is C24H40O3Si. The van der Waals surface area contributed by atoms with Crippen LogP contribution in [0.25, 0.3) is 0 Å². The molecule has 0 spiro atoms. The van der Waals surface area contributed by atoms with E-state index in [9.17, 15) is 9.90 Å². The van der Waals surface area contributed by atoms with E-state index >= 15 is 0 Å². The van der Waals surface area contributed by atoms with Gasteiger partial charge in [0.2, 0.25) is 0 Å². The number of rotatable bonds is 2. The van der Waals surface area contributed by atoms with Gasteiger partial charge in [-0.3, -0.25) is 4.79 Å². The molecule has 158 valence electrons. The number of carbonyl (C=O) groups excluding carboxylic acids is 1. The Labute approximate surface area is 172 Å². The Balaban J connectivity index is 2.11. The average Bonchev–Trinajstić information content (AvgIpc) is 2.56. The first-order chi connectivity index (χ1) is 12.7. The summed E-state index contributed by atoms with van der Waals surface area (Å²) in [5, 5.41) is 11.9. The zero-order chi connectivity index (χ0) is 21.1. The van der Waals surface area contributed by atoms with E-state index in [1.807, 2.05) is 6.92 Å². The summed E-state index contributed by atoms with van der Waals surface area (Å²) in [5.41, 5.74) is 1.61. The summed E-state index contributed by atoms with van der Waals surface area (Å²) in [5.74, 6) is 0.0961. The van der Waals surface area contributed by atoms with Gasteiger partial charge in [-0.15, -0.1) is 0 Å². The summed E-state index contributed by atoms with van der Waals surface area (Å²) in [6.07, 6.45) is 7.90. The molecule has 0 aromatic carbocycles. The summed E-state index contributed by atoms with van der Waals surface area (Å²) in [6, 6.07) is 0. The first-order valence-corrected chi connectivity index (χ1v) is 13.9. The largest absolute Gasteiger partial charge is 0.410 e. The summed E-state index contributed by atoms with van der Waals surface area (Å²) in [6.45, 7) is 17.5. The number of hydrogen-bond donors (Lipinski definition) is 1. The Bertz CT molecular complexity index is 723. The maximum atomic E-state index is 13.4. The lowest BCUT2D eigenvalue weighted by Gasteiger charge is -2.55. The fourth-order valence-corrected chi connectivity index (χ4v) is 6.60. The number of allylic oxidation sites excluding steroid dienone is 2. The maximum Gasteiger partial charge on any atom is 0.192 e. The lowest BCUT2D eigenvalue weighted by atomic mass is 9.54. The maximum absolute atomic E-state index is 13.4. The summed E-state index contributed by atoms with van der Waals surface area (Å²) in [4.78, 5) is 13.4. The molecule has 0 amide bonds. The van der Waals surface area contributed by atoms with E-state index in [4.69, 9.17) is 4.43 Å². The van der Waals surface area contributed by atoms with Crippen molar-refractivity contribution in [2.24, 2.45) is 11.3 Å². The second-order valence-electron chi connectivity index (χ2n) is 11.4. The highest BCUT2D eigenvalue weighted by atomic mass is 28.4. The minimum Gasteiger partial charge on any atom is -0.410 e. The number of Topliss-reactive ketones (excluding diaryl/α,β-unsaturated/α-hetero) is 1. The van der Waals surface area contributed by atoms with E-state index in [0.717, 1.165) is 31.3 Å². The van der Waals surface area contributed by atoms with Gasteiger partial charge in [-0.25, -0.2) is 0 Å². The molecule has 0 aromatic rings. The molecule has 0 aliphatic heterocycles. The molecule has 28 heavy (non-hydrogen) atoms. The van der Waals surface area contributed by atoms with Crippen molar-refractivity contribution in [2.75, 3.05) is 0 Å². The van der Waals surface area contributed by atoms with Gasteiger partial charge in [0.05, 0.1) is 6.10 Å². The monoisotopic (exact) mass is 404 g/mol. The molecule has 0 heterocycles. The highest BCUT2D eigenvalue weighted by Crippen LogP contribution is 2.55. The van der Waals surface area contributed by atoms with Crippen molar-refractivity contribution in [1.29, 1.82) is 0 Å². The normalized spacial score (nSPS) is 33.8. The van der Waals surface area contributed by atoms with Gasteiger partial charge in [-0.05, 0) is 68.7 Å². The Morgan fingerprint density at radius 3 is 2.29 bits per heavy atom. The van der Waals surface area contributed by atoms with Crippen molar-refractivity contribution in [2.45, 2.75) is 110 Å². The van der Waals surface area contributed by atoms with Gasteiger partial charge in [0, 0.05) is 11.8 Å². The molecule has 3 aliphatic rings. The van der Waals surface area contributed by atoms with Crippen LogP contribution in [0.1, 0.15) is 80.1 Å². The van der Waals surface area contributed by atoms with Gasteiger partial charge in [-0.2, -0.15) is 0 Å². The molecule has 0 aromatic heterocycles. The summed E-state index contributed by atoms with van der Waals surface area (Å²) in [7, 11) is -1.98. The Kier molecular flexibility index (Phi) is 5.43. The van der Waals surface area contributed by atoms with E-state index < -0.39 is 19.3 Å². The van der Waals surface area contributed by atoms with E-state index in [1.54, 1.807) is 0 Å². The molecular weight excluding hydrogens is 364 g/mol. The van der Waals surface area contributed by atoms with Gasteiger partial charge < -0.3 is 9.53 Å². The third kappa shape index (κ3) is 3.29. The van der Waals surface area contributed by atoms with E-state index in [0.29, 0.717) is 6.42 Å². The third-order valence-electron chi connectivity index (χ3n) is 8.43. The number of fused-ring (bicyclic) bond motifs is 2. The molecule has 3 atom stereocenters. The molecule has 0 saturated heterocycles. The van der Waals surface area contributed by atoms with Crippen LogP contribution in [0.5, 0.6) is 0 Å². The fourth-order valence-electron chi connectivity index (χ4n) is 5.33. The highest BCUT2D eigenvalue weighted by Gasteiger charge is 2.60. The SMILES string of the molecule is CC1=C[C@H](O[Si](C)(C)C(C)(C)C)[C@@H]2CC3=C(CCCC3)CC(=O)[C@]1(O)C2(C)C. The van der Waals surface area contributed by atoms with Crippen molar-refractivity contribution in [3.63, 3.8) is 0 Å². The van der Waals surface area contributed by atoms with Gasteiger partial charge in [0.25, 0.3) is 0 Å². The van der Waals surface area contributed by atoms with Crippen LogP contribution in [0.15, 0.2) is 22.8 Å². The molecule has 2 bridgehead atoms. The van der Waals surface area contributed by atoms with Crippen molar-refractivity contribution in [1.82, 2.24) is 0 Å². The van der Waals surface area contributed by atoms with Gasteiger partial charge in [0.1, 0.15) is 5.60 Å². The molecule has 0 radical (unpaired) electrons. The molecule has 3 aliphatic carbocycles. The standard InChI is InChI=1S/C24H40O3Si/c1-16-13-20(27-28(7,8)22(2,3)4)19-14-17-11-9-10-12-18(17)15-21(25)24(16,26)23(19,5)6/h13,19-20,26H,9-12,14-15H2,1-8H3/t19-,20-,24-/m0/s1. The summed E-state index contributed by atoms with van der Waals surface area (Å²) < 4.78 is 6.91. The third-order valence-corrected chi connectivity index (χ3v) is 12.9. The average molecular weight is 405 g/mol.